The third kappa shape index (κ3) is 7.10. The fourth-order valence-electron chi connectivity index (χ4n) is 1.22. The number of benzene rings is 1. The molecule has 0 bridgehead atoms. The molecule has 0 fully saturated rings. The molecular formula is C14H24O3. The van der Waals surface area contributed by atoms with Gasteiger partial charge in [0.25, 0.3) is 0 Å². The van der Waals surface area contributed by atoms with Crippen LogP contribution < -0.4 is 0 Å². The molecule has 0 aromatic heterocycles. The standard InChI is InChI=1S/C7H16O3.C7H8/c1-4-10-7(2,3)6(9)5-8;1-7-5-3-2-4-6-7/h6,8-9H,4-5H2,1-3H3;2-6H,1H3. The highest BCUT2D eigenvalue weighted by Gasteiger charge is 2.27. The van der Waals surface area contributed by atoms with Crippen molar-refractivity contribution in [2.24, 2.45) is 0 Å². The monoisotopic (exact) mass is 240 g/mol. The van der Waals surface area contributed by atoms with Crippen LogP contribution in [0.1, 0.15) is 26.3 Å². The van der Waals surface area contributed by atoms with Gasteiger partial charge in [0.2, 0.25) is 0 Å². The van der Waals surface area contributed by atoms with Crippen molar-refractivity contribution in [1.29, 1.82) is 0 Å². The highest BCUT2D eigenvalue weighted by Crippen LogP contribution is 2.13. The SMILES string of the molecule is CCOC(C)(C)C(O)CO.Cc1ccccc1. The predicted octanol–water partition coefficient (Wildman–Crippen LogP) is 2.15. The van der Waals surface area contributed by atoms with Crippen LogP contribution in [0.3, 0.4) is 0 Å². The first-order valence-corrected chi connectivity index (χ1v) is 5.88. The van der Waals surface area contributed by atoms with Crippen LogP contribution in [0.25, 0.3) is 0 Å². The van der Waals surface area contributed by atoms with Crippen LogP contribution in [-0.4, -0.2) is 35.1 Å². The molecule has 1 aromatic carbocycles. The number of aryl methyl sites for hydroxylation is 1. The zero-order valence-electron chi connectivity index (χ0n) is 11.2. The zero-order chi connectivity index (χ0) is 13.3. The summed E-state index contributed by atoms with van der Waals surface area (Å²) in [6, 6.07) is 10.3. The Labute approximate surface area is 104 Å². The van der Waals surface area contributed by atoms with Gasteiger partial charge in [0.05, 0.1) is 12.2 Å². The molecule has 0 aliphatic rings. The van der Waals surface area contributed by atoms with Gasteiger partial charge in [-0.1, -0.05) is 35.9 Å². The van der Waals surface area contributed by atoms with Crippen LogP contribution in [-0.2, 0) is 4.74 Å². The second-order valence-electron chi connectivity index (χ2n) is 4.39. The third-order valence-electron chi connectivity index (χ3n) is 2.43. The molecular weight excluding hydrogens is 216 g/mol. The summed E-state index contributed by atoms with van der Waals surface area (Å²) in [6.45, 7) is 7.72. The van der Waals surface area contributed by atoms with E-state index in [1.807, 2.05) is 25.1 Å². The van der Waals surface area contributed by atoms with E-state index in [4.69, 9.17) is 14.9 Å². The maximum Gasteiger partial charge on any atom is 0.105 e. The van der Waals surface area contributed by atoms with E-state index in [0.29, 0.717) is 6.61 Å². The van der Waals surface area contributed by atoms with Gasteiger partial charge in [-0.2, -0.15) is 0 Å². The Morgan fingerprint density at radius 2 is 1.76 bits per heavy atom. The Hall–Kier alpha value is -0.900. The molecule has 0 heterocycles. The van der Waals surface area contributed by atoms with Crippen molar-refractivity contribution < 1.29 is 14.9 Å². The molecule has 1 atom stereocenters. The lowest BCUT2D eigenvalue weighted by molar-refractivity contribution is -0.111. The smallest absolute Gasteiger partial charge is 0.105 e. The van der Waals surface area contributed by atoms with Crippen LogP contribution in [0.4, 0.5) is 0 Å². The molecule has 0 aliphatic carbocycles. The molecule has 17 heavy (non-hydrogen) atoms. The Morgan fingerprint density at radius 3 is 2.06 bits per heavy atom. The number of ether oxygens (including phenoxy) is 1. The molecule has 3 nitrogen and oxygen atoms in total. The molecule has 0 spiro atoms. The Morgan fingerprint density at radius 1 is 1.24 bits per heavy atom. The fraction of sp³-hybridized carbons (Fsp3) is 0.571. The maximum absolute atomic E-state index is 9.14. The number of aliphatic hydroxyl groups excluding tert-OH is 2. The first-order chi connectivity index (χ1) is 7.94. The molecule has 3 heteroatoms. The van der Waals surface area contributed by atoms with Crippen LogP contribution in [0.2, 0.25) is 0 Å². The number of hydrogen-bond acceptors (Lipinski definition) is 3. The van der Waals surface area contributed by atoms with E-state index in [-0.39, 0.29) is 6.61 Å². The fourth-order valence-corrected chi connectivity index (χ4v) is 1.22. The zero-order valence-corrected chi connectivity index (χ0v) is 11.2. The Balaban J connectivity index is 0.000000318. The summed E-state index contributed by atoms with van der Waals surface area (Å²) < 4.78 is 5.17. The van der Waals surface area contributed by atoms with E-state index < -0.39 is 11.7 Å². The van der Waals surface area contributed by atoms with Gasteiger partial charge in [-0.15, -0.1) is 0 Å². The van der Waals surface area contributed by atoms with Crippen molar-refractivity contribution in [3.05, 3.63) is 35.9 Å². The first kappa shape index (κ1) is 16.1. The first-order valence-electron chi connectivity index (χ1n) is 5.88. The second kappa shape index (κ2) is 8.23. The van der Waals surface area contributed by atoms with E-state index in [0.717, 1.165) is 0 Å². The molecule has 0 aliphatic heterocycles. The van der Waals surface area contributed by atoms with Gasteiger partial charge < -0.3 is 14.9 Å². The van der Waals surface area contributed by atoms with Crippen LogP contribution >= 0.6 is 0 Å². The summed E-state index contributed by atoms with van der Waals surface area (Å²) in [5.41, 5.74) is 0.686. The molecule has 1 rings (SSSR count). The molecule has 0 saturated carbocycles. The minimum absolute atomic E-state index is 0.257. The average Bonchev–Trinajstić information content (AvgIpc) is 2.29. The lowest BCUT2D eigenvalue weighted by Gasteiger charge is -2.28. The summed E-state index contributed by atoms with van der Waals surface area (Å²) in [6.07, 6.45) is -0.799. The van der Waals surface area contributed by atoms with Gasteiger partial charge in [-0.25, -0.2) is 0 Å². The average molecular weight is 240 g/mol. The van der Waals surface area contributed by atoms with Crippen LogP contribution in [0, 0.1) is 6.92 Å². The minimum atomic E-state index is -0.799. The van der Waals surface area contributed by atoms with E-state index in [2.05, 4.69) is 19.1 Å². The predicted molar refractivity (Wildman–Crippen MR) is 70.0 cm³/mol. The summed E-state index contributed by atoms with van der Waals surface area (Å²) in [4.78, 5) is 0. The van der Waals surface area contributed by atoms with Gasteiger partial charge in [-0.05, 0) is 27.7 Å². The van der Waals surface area contributed by atoms with Crippen molar-refractivity contribution >= 4 is 0 Å². The largest absolute Gasteiger partial charge is 0.394 e. The van der Waals surface area contributed by atoms with Gasteiger partial charge in [0.15, 0.2) is 0 Å². The lowest BCUT2D eigenvalue weighted by Crippen LogP contribution is -2.41. The van der Waals surface area contributed by atoms with E-state index in [1.54, 1.807) is 13.8 Å². The quantitative estimate of drug-likeness (QED) is 0.848. The molecule has 0 saturated heterocycles. The number of rotatable bonds is 4. The molecule has 1 aromatic rings. The summed E-state index contributed by atoms with van der Waals surface area (Å²) >= 11 is 0. The van der Waals surface area contributed by atoms with Crippen molar-refractivity contribution in [3.63, 3.8) is 0 Å². The van der Waals surface area contributed by atoms with Gasteiger partial charge in [0, 0.05) is 6.61 Å². The summed E-state index contributed by atoms with van der Waals surface area (Å²) in [7, 11) is 0. The molecule has 98 valence electrons. The normalized spacial score (nSPS) is 12.6. The highest BCUT2D eigenvalue weighted by molar-refractivity contribution is 5.11. The Kier molecular flexibility index (Phi) is 7.79. The molecule has 2 N–H and O–H groups in total. The van der Waals surface area contributed by atoms with Crippen LogP contribution in [0.15, 0.2) is 30.3 Å². The Bertz CT molecular complexity index is 283. The van der Waals surface area contributed by atoms with E-state index in [9.17, 15) is 0 Å². The third-order valence-corrected chi connectivity index (χ3v) is 2.43. The summed E-state index contributed by atoms with van der Waals surface area (Å²) in [5, 5.41) is 17.7. The van der Waals surface area contributed by atoms with Crippen molar-refractivity contribution in [3.8, 4) is 0 Å². The highest BCUT2D eigenvalue weighted by atomic mass is 16.5. The topological polar surface area (TPSA) is 49.7 Å². The summed E-state index contributed by atoms with van der Waals surface area (Å²) in [5.74, 6) is 0. The van der Waals surface area contributed by atoms with Crippen molar-refractivity contribution in [1.82, 2.24) is 0 Å². The van der Waals surface area contributed by atoms with Gasteiger partial charge >= 0.3 is 0 Å². The number of hydrogen-bond donors (Lipinski definition) is 2. The number of aliphatic hydroxyl groups is 2. The van der Waals surface area contributed by atoms with E-state index >= 15 is 0 Å². The van der Waals surface area contributed by atoms with Crippen molar-refractivity contribution in [2.45, 2.75) is 39.4 Å². The molecule has 0 radical (unpaired) electrons. The van der Waals surface area contributed by atoms with Crippen molar-refractivity contribution in [2.75, 3.05) is 13.2 Å². The lowest BCUT2D eigenvalue weighted by atomic mass is 10.0. The van der Waals surface area contributed by atoms with Crippen LogP contribution in [0.5, 0.6) is 0 Å². The van der Waals surface area contributed by atoms with Gasteiger partial charge in [0.1, 0.15) is 6.10 Å². The van der Waals surface area contributed by atoms with E-state index in [1.165, 1.54) is 5.56 Å². The molecule has 1 unspecified atom stereocenters. The molecule has 0 amide bonds. The van der Waals surface area contributed by atoms with Gasteiger partial charge in [-0.3, -0.25) is 0 Å². The maximum atomic E-state index is 9.14. The minimum Gasteiger partial charge on any atom is -0.394 e. The second-order valence-corrected chi connectivity index (χ2v) is 4.39.